The molecule has 12 nitrogen and oxygen atoms in total. The fraction of sp³-hybridized carbons (Fsp3) is 0.655. The molecule has 0 bridgehead atoms. The minimum atomic E-state index is -0.165. The van der Waals surface area contributed by atoms with Gasteiger partial charge in [0.15, 0.2) is 6.73 Å². The number of rotatable bonds is 13. The smallest absolute Gasteiger partial charge is 0.329 e. The van der Waals surface area contributed by atoms with Crippen molar-refractivity contribution in [1.29, 1.82) is 0 Å². The van der Waals surface area contributed by atoms with Gasteiger partial charge in [0.2, 0.25) is 5.13 Å². The predicted octanol–water partition coefficient (Wildman–Crippen LogP) is 5.17. The van der Waals surface area contributed by atoms with Crippen LogP contribution in [0, 0.1) is 17.8 Å². The number of unbranched alkanes of at least 4 members (excludes halogenated alkanes) is 1. The number of urea groups is 1. The van der Waals surface area contributed by atoms with Crippen LogP contribution in [0.1, 0.15) is 65.2 Å². The lowest BCUT2D eigenvalue weighted by atomic mass is 9.94. The van der Waals surface area contributed by atoms with Gasteiger partial charge in [-0.25, -0.2) is 14.8 Å². The van der Waals surface area contributed by atoms with Gasteiger partial charge in [0.05, 0.1) is 12.5 Å². The number of likely N-dealkylation sites (tertiary alicyclic amines) is 1. The third-order valence-corrected chi connectivity index (χ3v) is 9.51. The van der Waals surface area contributed by atoms with Crippen LogP contribution in [-0.2, 0) is 16.3 Å². The van der Waals surface area contributed by atoms with Gasteiger partial charge in [-0.2, -0.15) is 4.98 Å². The van der Waals surface area contributed by atoms with E-state index in [2.05, 4.69) is 50.4 Å². The van der Waals surface area contributed by atoms with Crippen LogP contribution < -0.4 is 15.0 Å². The Hall–Kier alpha value is -3.48. The highest BCUT2D eigenvalue weighted by atomic mass is 32.1. The SMILES string of the molecule is CCCCC(CC)CCC(=O)OCn1ccc2c(N(C)C3C[C@@H]4CN(C(=O)Nc5nc(OC)ns5)C[C@@H]4C3)ncnc21. The Morgan fingerprint density at radius 2 is 1.98 bits per heavy atom. The van der Waals surface area contributed by atoms with Crippen LogP contribution in [0.25, 0.3) is 11.0 Å². The summed E-state index contributed by atoms with van der Waals surface area (Å²) < 4.78 is 16.5. The highest BCUT2D eigenvalue weighted by molar-refractivity contribution is 7.10. The molecule has 2 aliphatic rings. The molecule has 42 heavy (non-hydrogen) atoms. The lowest BCUT2D eigenvalue weighted by Gasteiger charge is -2.28. The van der Waals surface area contributed by atoms with E-state index in [1.807, 2.05) is 21.7 Å². The van der Waals surface area contributed by atoms with E-state index in [4.69, 9.17) is 9.47 Å². The number of methoxy groups -OCH3 is 1. The van der Waals surface area contributed by atoms with Gasteiger partial charge in [0.1, 0.15) is 17.8 Å². The maximum Gasteiger partial charge on any atom is 0.329 e. The van der Waals surface area contributed by atoms with Crippen molar-refractivity contribution in [3.8, 4) is 6.01 Å². The molecule has 4 atom stereocenters. The minimum absolute atomic E-state index is 0.142. The van der Waals surface area contributed by atoms with Crippen molar-refractivity contribution in [1.82, 2.24) is 28.8 Å². The first-order chi connectivity index (χ1) is 20.4. The summed E-state index contributed by atoms with van der Waals surface area (Å²) in [5.74, 6) is 2.15. The number of aromatic nitrogens is 5. The maximum atomic E-state index is 12.8. The normalized spacial score (nSPS) is 20.5. The van der Waals surface area contributed by atoms with Crippen molar-refractivity contribution >= 4 is 45.5 Å². The van der Waals surface area contributed by atoms with Crippen molar-refractivity contribution < 1.29 is 19.1 Å². The number of hydrogen-bond acceptors (Lipinski definition) is 10. The summed E-state index contributed by atoms with van der Waals surface area (Å²) in [5, 5.41) is 4.22. The van der Waals surface area contributed by atoms with Crippen LogP contribution in [0.4, 0.5) is 15.7 Å². The number of ether oxygens (including phenoxy) is 2. The summed E-state index contributed by atoms with van der Waals surface area (Å²) in [7, 11) is 3.58. The summed E-state index contributed by atoms with van der Waals surface area (Å²) in [6, 6.07) is 2.43. The second kappa shape index (κ2) is 13.7. The number of nitrogens with one attached hydrogen (secondary N) is 1. The summed E-state index contributed by atoms with van der Waals surface area (Å²) >= 11 is 1.11. The van der Waals surface area contributed by atoms with Crippen LogP contribution in [-0.4, -0.2) is 74.1 Å². The molecular weight excluding hydrogens is 556 g/mol. The Balaban J connectivity index is 1.14. The van der Waals surface area contributed by atoms with Gasteiger partial charge in [0, 0.05) is 50.3 Å². The molecular formula is C29H42N8O4S. The van der Waals surface area contributed by atoms with Crippen molar-refractivity contribution in [3.63, 3.8) is 0 Å². The molecule has 1 N–H and O–H groups in total. The van der Waals surface area contributed by atoms with Gasteiger partial charge < -0.3 is 19.3 Å². The standard InChI is InChI=1S/C29H42N8O4S/c1-5-7-8-19(6-2)9-10-24(38)41-18-36-12-11-23-25(30-17-31-26(23)36)35(3)22-13-20-15-37(16-21(20)14-22)29(39)33-28-32-27(40-4)34-42-28/h11-12,17,19-22H,5-10,13-16,18H2,1-4H3,(H,32,33,34,39)/t19?,20-,21+,22?. The highest BCUT2D eigenvalue weighted by Crippen LogP contribution is 2.41. The second-order valence-electron chi connectivity index (χ2n) is 11.5. The Morgan fingerprint density at radius 3 is 2.67 bits per heavy atom. The van der Waals surface area contributed by atoms with Gasteiger partial charge in [-0.3, -0.25) is 14.7 Å². The van der Waals surface area contributed by atoms with Crippen molar-refractivity contribution in [2.45, 2.75) is 78.0 Å². The van der Waals surface area contributed by atoms with E-state index in [0.717, 1.165) is 67.2 Å². The Kier molecular flexibility index (Phi) is 9.76. The molecule has 13 heteroatoms. The number of carbonyl (C=O) groups is 2. The van der Waals surface area contributed by atoms with E-state index >= 15 is 0 Å². The molecule has 1 saturated heterocycles. The largest absolute Gasteiger partial charge is 0.466 e. The van der Waals surface area contributed by atoms with E-state index < -0.39 is 0 Å². The van der Waals surface area contributed by atoms with Gasteiger partial charge in [-0.15, -0.1) is 4.37 Å². The van der Waals surface area contributed by atoms with E-state index in [1.54, 1.807) is 6.33 Å². The first-order valence-corrected chi connectivity index (χ1v) is 15.8. The van der Waals surface area contributed by atoms with Gasteiger partial charge >= 0.3 is 18.0 Å². The number of esters is 1. The molecule has 0 radical (unpaired) electrons. The zero-order valence-electron chi connectivity index (χ0n) is 25.0. The number of amides is 2. The van der Waals surface area contributed by atoms with E-state index in [0.29, 0.717) is 35.3 Å². The topological polar surface area (TPSA) is 128 Å². The third-order valence-electron chi connectivity index (χ3n) is 8.90. The Morgan fingerprint density at radius 1 is 1.19 bits per heavy atom. The molecule has 3 aromatic heterocycles. The van der Waals surface area contributed by atoms with Gasteiger partial charge in [0.25, 0.3) is 0 Å². The summed E-state index contributed by atoms with van der Waals surface area (Å²) in [6.45, 7) is 5.97. The average Bonchev–Trinajstić information content (AvgIpc) is 3.79. The van der Waals surface area contributed by atoms with Crippen LogP contribution in [0.15, 0.2) is 18.6 Å². The van der Waals surface area contributed by atoms with Crippen molar-refractivity contribution in [2.75, 3.05) is 37.5 Å². The Labute approximate surface area is 251 Å². The molecule has 0 spiro atoms. The van der Waals surface area contributed by atoms with Crippen LogP contribution in [0.5, 0.6) is 6.01 Å². The van der Waals surface area contributed by atoms with Crippen LogP contribution >= 0.6 is 11.5 Å². The van der Waals surface area contributed by atoms with Crippen LogP contribution in [0.2, 0.25) is 0 Å². The fourth-order valence-electron chi connectivity index (χ4n) is 6.39. The van der Waals surface area contributed by atoms with Crippen LogP contribution in [0.3, 0.4) is 0 Å². The molecule has 5 rings (SSSR count). The quantitative estimate of drug-likeness (QED) is 0.265. The molecule has 1 aliphatic heterocycles. The molecule has 2 unspecified atom stereocenters. The Bertz CT molecular complexity index is 1350. The number of fused-ring (bicyclic) bond motifs is 2. The molecule has 3 aromatic rings. The summed E-state index contributed by atoms with van der Waals surface area (Å²) in [6.07, 6.45) is 11.4. The molecule has 2 fully saturated rings. The summed E-state index contributed by atoms with van der Waals surface area (Å²) in [5.41, 5.74) is 0.753. The first kappa shape index (κ1) is 30.0. The monoisotopic (exact) mass is 598 g/mol. The second-order valence-corrected chi connectivity index (χ2v) is 12.3. The molecule has 1 aliphatic carbocycles. The number of nitrogens with zero attached hydrogens (tertiary/aromatic N) is 7. The van der Waals surface area contributed by atoms with E-state index in [1.165, 1.54) is 26.4 Å². The third kappa shape index (κ3) is 6.77. The fourth-order valence-corrected chi connectivity index (χ4v) is 6.93. The number of carbonyl (C=O) groups excluding carboxylic acids is 2. The molecule has 228 valence electrons. The zero-order chi connectivity index (χ0) is 29.6. The maximum absolute atomic E-state index is 12.8. The number of hydrogen-bond donors (Lipinski definition) is 1. The van der Waals surface area contributed by atoms with E-state index in [-0.39, 0.29) is 24.7 Å². The first-order valence-electron chi connectivity index (χ1n) is 15.0. The molecule has 0 aromatic carbocycles. The van der Waals surface area contributed by atoms with Gasteiger partial charge in [-0.05, 0) is 43.1 Å². The molecule has 2 amide bonds. The predicted molar refractivity (Wildman–Crippen MR) is 162 cm³/mol. The lowest BCUT2D eigenvalue weighted by molar-refractivity contribution is -0.147. The lowest BCUT2D eigenvalue weighted by Crippen LogP contribution is -2.36. The molecule has 1 saturated carbocycles. The summed E-state index contributed by atoms with van der Waals surface area (Å²) in [4.78, 5) is 42.7. The molecule has 4 heterocycles. The van der Waals surface area contributed by atoms with Gasteiger partial charge in [-0.1, -0.05) is 39.5 Å². The van der Waals surface area contributed by atoms with Crippen molar-refractivity contribution in [3.05, 3.63) is 18.6 Å². The highest BCUT2D eigenvalue weighted by Gasteiger charge is 2.44. The van der Waals surface area contributed by atoms with Crippen molar-refractivity contribution in [2.24, 2.45) is 17.8 Å². The minimum Gasteiger partial charge on any atom is -0.466 e. The van der Waals surface area contributed by atoms with E-state index in [9.17, 15) is 9.59 Å². The number of anilines is 2. The zero-order valence-corrected chi connectivity index (χ0v) is 25.8. The average molecular weight is 599 g/mol.